The van der Waals surface area contributed by atoms with Crippen LogP contribution in [0, 0.1) is 0 Å². The van der Waals surface area contributed by atoms with Crippen molar-refractivity contribution in [1.29, 1.82) is 0 Å². The first-order valence-electron chi connectivity index (χ1n) is 8.49. The number of carbonyl (C=O) groups is 1. The molecular formula is C21H22N2O2S. The van der Waals surface area contributed by atoms with E-state index >= 15 is 0 Å². The fourth-order valence-corrected chi connectivity index (χ4v) is 3.56. The number of ketones is 1. The molecule has 3 aromatic rings. The lowest BCUT2D eigenvalue weighted by atomic mass is 9.86. The van der Waals surface area contributed by atoms with E-state index in [9.17, 15) is 9.59 Å². The maximum atomic E-state index is 12.5. The SMILES string of the molecule is Cn1c(SCC(=O)c2ccc(C(C)(C)C)cc2)nc2ccccc2c1=O. The lowest BCUT2D eigenvalue weighted by molar-refractivity contribution is 0.102. The molecule has 0 spiro atoms. The molecular weight excluding hydrogens is 344 g/mol. The van der Waals surface area contributed by atoms with Gasteiger partial charge in [-0.15, -0.1) is 0 Å². The van der Waals surface area contributed by atoms with Crippen molar-refractivity contribution in [2.75, 3.05) is 5.75 Å². The third-order valence-electron chi connectivity index (χ3n) is 4.35. The van der Waals surface area contributed by atoms with Crippen LogP contribution in [-0.4, -0.2) is 21.1 Å². The highest BCUT2D eigenvalue weighted by molar-refractivity contribution is 7.99. The monoisotopic (exact) mass is 366 g/mol. The quantitative estimate of drug-likeness (QED) is 0.394. The lowest BCUT2D eigenvalue weighted by Gasteiger charge is -2.19. The van der Waals surface area contributed by atoms with Gasteiger partial charge in [0.1, 0.15) is 0 Å². The van der Waals surface area contributed by atoms with Gasteiger partial charge in [0, 0.05) is 12.6 Å². The minimum atomic E-state index is -0.0971. The van der Waals surface area contributed by atoms with Crippen LogP contribution < -0.4 is 5.56 Å². The Labute approximate surface area is 157 Å². The van der Waals surface area contributed by atoms with Crippen LogP contribution in [0.3, 0.4) is 0 Å². The number of rotatable bonds is 4. The van der Waals surface area contributed by atoms with Crippen molar-refractivity contribution in [2.45, 2.75) is 31.3 Å². The van der Waals surface area contributed by atoms with Crippen LogP contribution in [0.25, 0.3) is 10.9 Å². The third kappa shape index (κ3) is 3.73. The molecule has 0 amide bonds. The van der Waals surface area contributed by atoms with Crippen LogP contribution in [0.1, 0.15) is 36.7 Å². The van der Waals surface area contributed by atoms with Gasteiger partial charge in [0.15, 0.2) is 10.9 Å². The Morgan fingerprint density at radius 3 is 2.38 bits per heavy atom. The zero-order valence-electron chi connectivity index (χ0n) is 15.4. The van der Waals surface area contributed by atoms with Crippen molar-refractivity contribution in [3.8, 4) is 0 Å². The van der Waals surface area contributed by atoms with Gasteiger partial charge in [-0.1, -0.05) is 68.9 Å². The van der Waals surface area contributed by atoms with Crippen LogP contribution >= 0.6 is 11.8 Å². The molecule has 0 bridgehead atoms. The Morgan fingerprint density at radius 2 is 1.73 bits per heavy atom. The Kier molecular flexibility index (Phi) is 5.01. The predicted molar refractivity (Wildman–Crippen MR) is 107 cm³/mol. The molecule has 3 rings (SSSR count). The highest BCUT2D eigenvalue weighted by Crippen LogP contribution is 2.23. The van der Waals surface area contributed by atoms with Crippen LogP contribution in [0.15, 0.2) is 58.5 Å². The molecule has 0 unspecified atom stereocenters. The van der Waals surface area contributed by atoms with Gasteiger partial charge in [0.05, 0.1) is 16.7 Å². The van der Waals surface area contributed by atoms with Crippen LogP contribution in [-0.2, 0) is 12.5 Å². The predicted octanol–water partition coefficient (Wildman–Crippen LogP) is 4.21. The molecule has 0 radical (unpaired) electrons. The highest BCUT2D eigenvalue weighted by Gasteiger charge is 2.15. The molecule has 1 heterocycles. The van der Waals surface area contributed by atoms with Crippen LogP contribution in [0.2, 0.25) is 0 Å². The Balaban J connectivity index is 1.79. The van der Waals surface area contributed by atoms with Gasteiger partial charge in [-0.05, 0) is 23.1 Å². The van der Waals surface area contributed by atoms with Crippen molar-refractivity contribution < 1.29 is 4.79 Å². The normalized spacial score (nSPS) is 11.7. The van der Waals surface area contributed by atoms with Gasteiger partial charge in [-0.25, -0.2) is 4.98 Å². The summed E-state index contributed by atoms with van der Waals surface area (Å²) in [6.07, 6.45) is 0. The summed E-state index contributed by atoms with van der Waals surface area (Å²) in [5.74, 6) is 0.269. The zero-order chi connectivity index (χ0) is 18.9. The number of Topliss-reactive ketones (excluding diaryl/α,β-unsaturated/α-hetero) is 1. The Morgan fingerprint density at radius 1 is 1.08 bits per heavy atom. The fourth-order valence-electron chi connectivity index (χ4n) is 2.70. The number of fused-ring (bicyclic) bond motifs is 1. The topological polar surface area (TPSA) is 52.0 Å². The number of hydrogen-bond donors (Lipinski definition) is 0. The molecule has 0 fully saturated rings. The summed E-state index contributed by atoms with van der Waals surface area (Å²) in [6.45, 7) is 6.43. The van der Waals surface area contributed by atoms with Crippen molar-refractivity contribution in [3.05, 3.63) is 70.0 Å². The molecule has 0 aliphatic heterocycles. The molecule has 0 aliphatic carbocycles. The fraction of sp³-hybridized carbons (Fsp3) is 0.286. The number of hydrogen-bond acceptors (Lipinski definition) is 4. The minimum Gasteiger partial charge on any atom is -0.293 e. The molecule has 5 heteroatoms. The van der Waals surface area contributed by atoms with E-state index in [-0.39, 0.29) is 22.5 Å². The summed E-state index contributed by atoms with van der Waals surface area (Å²) in [6, 6.07) is 15.0. The maximum absolute atomic E-state index is 12.5. The molecule has 0 saturated heterocycles. The molecule has 1 aromatic heterocycles. The second kappa shape index (κ2) is 7.08. The van der Waals surface area contributed by atoms with E-state index in [2.05, 4.69) is 25.8 Å². The third-order valence-corrected chi connectivity index (χ3v) is 5.38. The largest absolute Gasteiger partial charge is 0.293 e. The molecule has 0 saturated carbocycles. The Hall–Kier alpha value is -2.40. The van der Waals surface area contributed by atoms with Gasteiger partial charge in [0.2, 0.25) is 0 Å². The van der Waals surface area contributed by atoms with E-state index in [1.807, 2.05) is 42.5 Å². The number of benzene rings is 2. The summed E-state index contributed by atoms with van der Waals surface area (Å²) >= 11 is 1.29. The standard InChI is InChI=1S/C21H22N2O2S/c1-21(2,3)15-11-9-14(10-12-15)18(24)13-26-20-22-17-8-6-5-7-16(17)19(25)23(20)4/h5-12H,13H2,1-4H3. The van der Waals surface area contributed by atoms with E-state index in [1.54, 1.807) is 13.1 Å². The van der Waals surface area contributed by atoms with Gasteiger partial charge >= 0.3 is 0 Å². The smallest absolute Gasteiger partial charge is 0.261 e. The van der Waals surface area contributed by atoms with E-state index < -0.39 is 0 Å². The van der Waals surface area contributed by atoms with Gasteiger partial charge in [-0.3, -0.25) is 14.2 Å². The molecule has 0 atom stereocenters. The first-order chi connectivity index (χ1) is 12.3. The summed E-state index contributed by atoms with van der Waals surface area (Å²) in [4.78, 5) is 29.4. The van der Waals surface area contributed by atoms with Crippen molar-refractivity contribution in [3.63, 3.8) is 0 Å². The van der Waals surface area contributed by atoms with E-state index in [1.165, 1.54) is 21.9 Å². The first-order valence-corrected chi connectivity index (χ1v) is 9.48. The maximum Gasteiger partial charge on any atom is 0.261 e. The molecule has 2 aromatic carbocycles. The van der Waals surface area contributed by atoms with Crippen molar-refractivity contribution >= 4 is 28.4 Å². The van der Waals surface area contributed by atoms with E-state index in [0.29, 0.717) is 21.6 Å². The van der Waals surface area contributed by atoms with Crippen LogP contribution in [0.5, 0.6) is 0 Å². The number of carbonyl (C=O) groups excluding carboxylic acids is 1. The summed E-state index contributed by atoms with van der Waals surface area (Å²) in [5, 5.41) is 1.14. The lowest BCUT2D eigenvalue weighted by Crippen LogP contribution is -2.20. The van der Waals surface area contributed by atoms with Gasteiger partial charge in [0.25, 0.3) is 5.56 Å². The molecule has 0 aliphatic rings. The highest BCUT2D eigenvalue weighted by atomic mass is 32.2. The molecule has 134 valence electrons. The molecule has 26 heavy (non-hydrogen) atoms. The number of aromatic nitrogens is 2. The molecule has 4 nitrogen and oxygen atoms in total. The van der Waals surface area contributed by atoms with Crippen molar-refractivity contribution in [1.82, 2.24) is 9.55 Å². The zero-order valence-corrected chi connectivity index (χ0v) is 16.3. The average molecular weight is 366 g/mol. The van der Waals surface area contributed by atoms with Crippen molar-refractivity contribution in [2.24, 2.45) is 7.05 Å². The second-order valence-electron chi connectivity index (χ2n) is 7.31. The Bertz CT molecular complexity index is 1010. The second-order valence-corrected chi connectivity index (χ2v) is 8.26. The van der Waals surface area contributed by atoms with Gasteiger partial charge < -0.3 is 0 Å². The summed E-state index contributed by atoms with van der Waals surface area (Å²) in [5.41, 5.74) is 2.49. The number of thioether (sulfide) groups is 1. The summed E-state index contributed by atoms with van der Waals surface area (Å²) in [7, 11) is 1.69. The van der Waals surface area contributed by atoms with Gasteiger partial charge in [-0.2, -0.15) is 0 Å². The van der Waals surface area contributed by atoms with E-state index in [4.69, 9.17) is 0 Å². The van der Waals surface area contributed by atoms with E-state index in [0.717, 1.165) is 0 Å². The molecule has 0 N–H and O–H groups in total. The minimum absolute atomic E-state index is 0.0258. The number of nitrogens with zero attached hydrogens (tertiary/aromatic N) is 2. The average Bonchev–Trinajstić information content (AvgIpc) is 2.62. The number of para-hydroxylation sites is 1. The summed E-state index contributed by atoms with van der Waals surface area (Å²) < 4.78 is 1.50. The first kappa shape index (κ1) is 18.4. The van der Waals surface area contributed by atoms with Crippen LogP contribution in [0.4, 0.5) is 0 Å².